The summed E-state index contributed by atoms with van der Waals surface area (Å²) in [5.74, 6) is -0.00299. The highest BCUT2D eigenvalue weighted by Gasteiger charge is 2.32. The van der Waals surface area contributed by atoms with Crippen LogP contribution in [0.15, 0.2) is 18.3 Å². The molecule has 0 saturated carbocycles. The Bertz CT molecular complexity index is 447. The zero-order valence-corrected chi connectivity index (χ0v) is 10.8. The van der Waals surface area contributed by atoms with Crippen molar-refractivity contribution in [3.63, 3.8) is 0 Å². The summed E-state index contributed by atoms with van der Waals surface area (Å²) in [6.45, 7) is 0.867. The van der Waals surface area contributed by atoms with Crippen LogP contribution in [0.5, 0.6) is 0 Å². The smallest absolute Gasteiger partial charge is 0.337 e. The Morgan fingerprint density at radius 1 is 1.44 bits per heavy atom. The largest absolute Gasteiger partial charge is 0.433 e. The summed E-state index contributed by atoms with van der Waals surface area (Å²) in [6, 6.07) is 2.28. The van der Waals surface area contributed by atoms with Crippen molar-refractivity contribution in [1.82, 2.24) is 9.88 Å². The van der Waals surface area contributed by atoms with E-state index in [2.05, 4.69) is 20.9 Å². The molecule has 98 valence electrons. The van der Waals surface area contributed by atoms with Gasteiger partial charge >= 0.3 is 6.18 Å². The molecule has 0 radical (unpaired) electrons. The molecule has 0 N–H and O–H groups in total. The van der Waals surface area contributed by atoms with Crippen molar-refractivity contribution in [1.29, 1.82) is 0 Å². The molecule has 18 heavy (non-hydrogen) atoms. The van der Waals surface area contributed by atoms with Crippen molar-refractivity contribution in [3.05, 3.63) is 29.6 Å². The van der Waals surface area contributed by atoms with Crippen molar-refractivity contribution in [2.45, 2.75) is 24.0 Å². The van der Waals surface area contributed by atoms with Crippen molar-refractivity contribution in [2.75, 3.05) is 6.54 Å². The maximum atomic E-state index is 12.3. The average molecular weight is 323 g/mol. The number of carbonyl (C=O) groups excluding carboxylic acids is 1. The molecule has 1 atom stereocenters. The van der Waals surface area contributed by atoms with E-state index in [0.29, 0.717) is 25.1 Å². The maximum absolute atomic E-state index is 12.3. The second-order valence-electron chi connectivity index (χ2n) is 4.13. The molecule has 1 aliphatic heterocycles. The molecule has 1 unspecified atom stereocenters. The number of pyridine rings is 1. The molecule has 0 aromatic carbocycles. The molecule has 3 nitrogen and oxygen atoms in total. The number of carbonyl (C=O) groups is 1. The minimum atomic E-state index is -4.43. The first-order chi connectivity index (χ1) is 8.36. The van der Waals surface area contributed by atoms with Crippen LogP contribution < -0.4 is 0 Å². The third kappa shape index (κ3) is 3.01. The van der Waals surface area contributed by atoms with Gasteiger partial charge in [0.05, 0.1) is 0 Å². The number of nitrogens with zero attached hydrogens (tertiary/aromatic N) is 2. The topological polar surface area (TPSA) is 33.2 Å². The fourth-order valence-corrected chi connectivity index (χ4v) is 2.41. The van der Waals surface area contributed by atoms with Crippen LogP contribution in [0.4, 0.5) is 13.2 Å². The molecule has 1 aliphatic rings. The number of hydrogen-bond acceptors (Lipinski definition) is 2. The van der Waals surface area contributed by atoms with Gasteiger partial charge in [-0.2, -0.15) is 13.2 Å². The highest BCUT2D eigenvalue weighted by atomic mass is 79.9. The van der Waals surface area contributed by atoms with Crippen LogP contribution in [-0.4, -0.2) is 27.2 Å². The van der Waals surface area contributed by atoms with E-state index in [0.717, 1.165) is 12.3 Å². The standard InChI is InChI=1S/C11H10BrF3N2O/c12-8-3-10(18)17(6-8)5-7-1-2-9(16-4-7)11(13,14)15/h1-2,4,8H,3,5-6H2. The van der Waals surface area contributed by atoms with Crippen molar-refractivity contribution in [3.8, 4) is 0 Å². The Labute approximate surface area is 110 Å². The number of rotatable bonds is 2. The SMILES string of the molecule is O=C1CC(Br)CN1Cc1ccc(C(F)(F)F)nc1. The molecule has 1 amide bonds. The Hall–Kier alpha value is -1.11. The minimum Gasteiger partial charge on any atom is -0.337 e. The lowest BCUT2D eigenvalue weighted by atomic mass is 10.2. The zero-order chi connectivity index (χ0) is 13.3. The molecular weight excluding hydrogens is 313 g/mol. The number of hydrogen-bond donors (Lipinski definition) is 0. The number of aromatic nitrogens is 1. The number of likely N-dealkylation sites (tertiary alicyclic amines) is 1. The molecule has 1 saturated heterocycles. The predicted molar refractivity (Wildman–Crippen MR) is 62.0 cm³/mol. The molecule has 2 rings (SSSR count). The molecule has 1 aromatic rings. The third-order valence-corrected chi connectivity index (χ3v) is 3.27. The van der Waals surface area contributed by atoms with Crippen LogP contribution in [0.3, 0.4) is 0 Å². The van der Waals surface area contributed by atoms with E-state index in [1.165, 1.54) is 6.07 Å². The minimum absolute atomic E-state index is 0.00299. The predicted octanol–water partition coefficient (Wildman–Crippen LogP) is 2.60. The van der Waals surface area contributed by atoms with E-state index in [1.54, 1.807) is 4.90 Å². The van der Waals surface area contributed by atoms with E-state index in [9.17, 15) is 18.0 Å². The van der Waals surface area contributed by atoms with Crippen LogP contribution >= 0.6 is 15.9 Å². The summed E-state index contributed by atoms with van der Waals surface area (Å²) in [6.07, 6.45) is -2.84. The normalized spacial score (nSPS) is 20.6. The molecule has 2 heterocycles. The van der Waals surface area contributed by atoms with Gasteiger partial charge in [0.1, 0.15) is 5.69 Å². The molecule has 1 fully saturated rings. The van der Waals surface area contributed by atoms with E-state index in [1.807, 2.05) is 0 Å². The van der Waals surface area contributed by atoms with Crippen molar-refractivity contribution >= 4 is 21.8 Å². The highest BCUT2D eigenvalue weighted by Crippen LogP contribution is 2.27. The van der Waals surface area contributed by atoms with Gasteiger partial charge in [-0.05, 0) is 11.6 Å². The van der Waals surface area contributed by atoms with Crippen molar-refractivity contribution in [2.24, 2.45) is 0 Å². The second-order valence-corrected chi connectivity index (χ2v) is 5.42. The Morgan fingerprint density at radius 3 is 2.61 bits per heavy atom. The van der Waals surface area contributed by atoms with Gasteiger partial charge in [-0.25, -0.2) is 0 Å². The van der Waals surface area contributed by atoms with Crippen LogP contribution in [0.1, 0.15) is 17.7 Å². The van der Waals surface area contributed by atoms with Crippen LogP contribution in [0.25, 0.3) is 0 Å². The number of alkyl halides is 4. The van der Waals surface area contributed by atoms with Gasteiger partial charge in [0.25, 0.3) is 0 Å². The first-order valence-corrected chi connectivity index (χ1v) is 6.22. The maximum Gasteiger partial charge on any atom is 0.433 e. The van der Waals surface area contributed by atoms with E-state index < -0.39 is 11.9 Å². The fraction of sp³-hybridized carbons (Fsp3) is 0.455. The summed E-state index contributed by atoms with van der Waals surface area (Å²) >= 11 is 3.34. The van der Waals surface area contributed by atoms with Crippen molar-refractivity contribution < 1.29 is 18.0 Å². The molecule has 7 heteroatoms. The van der Waals surface area contributed by atoms with Gasteiger partial charge in [-0.1, -0.05) is 22.0 Å². The zero-order valence-electron chi connectivity index (χ0n) is 9.25. The molecule has 0 spiro atoms. The summed E-state index contributed by atoms with van der Waals surface area (Å²) < 4.78 is 36.9. The Balaban J connectivity index is 2.05. The summed E-state index contributed by atoms with van der Waals surface area (Å²) in [4.78, 5) is 16.6. The summed E-state index contributed by atoms with van der Waals surface area (Å²) in [5.41, 5.74) is -0.324. The first kappa shape index (κ1) is 13.3. The number of halogens is 4. The lowest BCUT2D eigenvalue weighted by molar-refractivity contribution is -0.141. The van der Waals surface area contributed by atoms with Gasteiger partial charge in [0.2, 0.25) is 5.91 Å². The summed E-state index contributed by atoms with van der Waals surface area (Å²) in [5, 5.41) is 0. The molecular formula is C11H10BrF3N2O. The highest BCUT2D eigenvalue weighted by molar-refractivity contribution is 9.09. The average Bonchev–Trinajstić information content (AvgIpc) is 2.57. The van der Waals surface area contributed by atoms with Gasteiger partial charge in [0, 0.05) is 30.5 Å². The molecule has 1 aromatic heterocycles. The molecule has 0 bridgehead atoms. The van der Waals surface area contributed by atoms with E-state index in [-0.39, 0.29) is 10.7 Å². The van der Waals surface area contributed by atoms with Crippen LogP contribution in [0, 0.1) is 0 Å². The van der Waals surface area contributed by atoms with Gasteiger partial charge < -0.3 is 4.90 Å². The second kappa shape index (κ2) is 4.87. The lowest BCUT2D eigenvalue weighted by Crippen LogP contribution is -2.24. The summed E-state index contributed by atoms with van der Waals surface area (Å²) in [7, 11) is 0. The van der Waals surface area contributed by atoms with Gasteiger partial charge in [-0.15, -0.1) is 0 Å². The van der Waals surface area contributed by atoms with E-state index >= 15 is 0 Å². The Kier molecular flexibility index (Phi) is 3.61. The van der Waals surface area contributed by atoms with Crippen LogP contribution in [-0.2, 0) is 17.5 Å². The monoisotopic (exact) mass is 322 g/mol. The van der Waals surface area contributed by atoms with Gasteiger partial charge in [0.15, 0.2) is 0 Å². The third-order valence-electron chi connectivity index (χ3n) is 2.66. The molecule has 0 aliphatic carbocycles. The first-order valence-electron chi connectivity index (χ1n) is 5.30. The van der Waals surface area contributed by atoms with Crippen LogP contribution in [0.2, 0.25) is 0 Å². The fourth-order valence-electron chi connectivity index (χ4n) is 1.78. The Morgan fingerprint density at radius 2 is 2.17 bits per heavy atom. The lowest BCUT2D eigenvalue weighted by Gasteiger charge is -2.15. The number of amides is 1. The van der Waals surface area contributed by atoms with Gasteiger partial charge in [-0.3, -0.25) is 9.78 Å². The van der Waals surface area contributed by atoms with E-state index in [4.69, 9.17) is 0 Å². The quantitative estimate of drug-likeness (QED) is 0.784.